The number of rotatable bonds is 5. The van der Waals surface area contributed by atoms with Gasteiger partial charge < -0.3 is 15.8 Å². The van der Waals surface area contributed by atoms with Crippen molar-refractivity contribution in [2.45, 2.75) is 20.0 Å². The van der Waals surface area contributed by atoms with Crippen LogP contribution < -0.4 is 15.8 Å². The molecule has 0 atom stereocenters. The largest absolute Gasteiger partial charge is 0.491 e. The van der Waals surface area contributed by atoms with Crippen LogP contribution in [-0.4, -0.2) is 16.1 Å². The monoisotopic (exact) mass is 287 g/mol. The molecule has 3 N–H and O–H groups in total. The molecule has 5 heteroatoms. The molecule has 104 valence electrons. The number of hydrogen-bond acceptors (Lipinski definition) is 4. The Morgan fingerprint density at radius 2 is 1.95 bits per heavy atom. The van der Waals surface area contributed by atoms with Gasteiger partial charge in [-0.25, -0.2) is 0 Å². The van der Waals surface area contributed by atoms with E-state index in [0.29, 0.717) is 5.69 Å². The highest BCUT2D eigenvalue weighted by molar-refractivity contribution is 7.80. The Labute approximate surface area is 124 Å². The molecule has 0 saturated carbocycles. The molecule has 0 saturated heterocycles. The van der Waals surface area contributed by atoms with E-state index in [-0.39, 0.29) is 11.1 Å². The number of thiocarbonyl (C=S) groups is 1. The highest BCUT2D eigenvalue weighted by Crippen LogP contribution is 2.22. The zero-order chi connectivity index (χ0) is 14.5. The molecule has 0 aliphatic heterocycles. The second kappa shape index (κ2) is 6.34. The molecule has 0 radical (unpaired) electrons. The third-order valence-electron chi connectivity index (χ3n) is 2.55. The van der Waals surface area contributed by atoms with E-state index in [1.807, 2.05) is 50.2 Å². The van der Waals surface area contributed by atoms with Crippen LogP contribution in [-0.2, 0) is 0 Å². The summed E-state index contributed by atoms with van der Waals surface area (Å²) in [5.41, 5.74) is 7.96. The molecule has 2 rings (SSSR count). The van der Waals surface area contributed by atoms with E-state index in [4.69, 9.17) is 22.7 Å². The zero-order valence-corrected chi connectivity index (χ0v) is 12.3. The van der Waals surface area contributed by atoms with Crippen LogP contribution >= 0.6 is 12.2 Å². The number of nitrogens with two attached hydrogens (primary N) is 1. The molecule has 1 aromatic heterocycles. The number of anilines is 2. The molecule has 0 aliphatic carbocycles. The van der Waals surface area contributed by atoms with E-state index >= 15 is 0 Å². The molecule has 20 heavy (non-hydrogen) atoms. The van der Waals surface area contributed by atoms with Gasteiger partial charge in [-0.2, -0.15) is 0 Å². The molecule has 0 bridgehead atoms. The first kappa shape index (κ1) is 14.3. The normalized spacial score (nSPS) is 10.3. The quantitative estimate of drug-likeness (QED) is 0.827. The highest BCUT2D eigenvalue weighted by Gasteiger charge is 2.06. The smallest absolute Gasteiger partial charge is 0.124 e. The number of ether oxygens (including phenoxy) is 1. The van der Waals surface area contributed by atoms with Crippen LogP contribution in [0.2, 0.25) is 0 Å². The Balaban J connectivity index is 2.16. The van der Waals surface area contributed by atoms with Crippen LogP contribution in [0.25, 0.3) is 0 Å². The first-order valence-corrected chi connectivity index (χ1v) is 6.75. The number of nitrogens with zero attached hydrogens (tertiary/aromatic N) is 1. The summed E-state index contributed by atoms with van der Waals surface area (Å²) in [6.07, 6.45) is 1.83. The molecule has 0 unspecified atom stereocenters. The number of nitrogens with one attached hydrogen (secondary N) is 1. The van der Waals surface area contributed by atoms with Gasteiger partial charge in [-0.1, -0.05) is 12.2 Å². The lowest BCUT2D eigenvalue weighted by atomic mass is 10.2. The summed E-state index contributed by atoms with van der Waals surface area (Å²) < 4.78 is 5.60. The van der Waals surface area contributed by atoms with Gasteiger partial charge in [0, 0.05) is 11.9 Å². The Bertz CT molecular complexity index is 596. The van der Waals surface area contributed by atoms with Crippen molar-refractivity contribution in [3.63, 3.8) is 0 Å². The summed E-state index contributed by atoms with van der Waals surface area (Å²) in [6.45, 7) is 3.99. The van der Waals surface area contributed by atoms with Gasteiger partial charge >= 0.3 is 0 Å². The standard InChI is InChI=1S/C15H17N3OS/c1-10(2)19-12-7-5-11(6-8-12)18-13-4-3-9-17-14(13)15(16)20/h3-10,18H,1-2H3,(H2,16,20). The van der Waals surface area contributed by atoms with Crippen LogP contribution in [0.3, 0.4) is 0 Å². The van der Waals surface area contributed by atoms with Gasteiger partial charge in [-0.3, -0.25) is 4.98 Å². The van der Waals surface area contributed by atoms with Crippen LogP contribution in [0.1, 0.15) is 19.5 Å². The molecule has 0 fully saturated rings. The lowest BCUT2D eigenvalue weighted by Gasteiger charge is -2.12. The molecule has 2 aromatic rings. The van der Waals surface area contributed by atoms with Crippen LogP contribution in [0.4, 0.5) is 11.4 Å². The molecule has 4 nitrogen and oxygen atoms in total. The first-order chi connectivity index (χ1) is 9.56. The maximum absolute atomic E-state index is 5.66. The van der Waals surface area contributed by atoms with E-state index < -0.39 is 0 Å². The van der Waals surface area contributed by atoms with Crippen molar-refractivity contribution < 1.29 is 4.74 Å². The Morgan fingerprint density at radius 3 is 2.55 bits per heavy atom. The number of aromatic nitrogens is 1. The van der Waals surface area contributed by atoms with E-state index in [1.54, 1.807) is 6.20 Å². The van der Waals surface area contributed by atoms with Crippen molar-refractivity contribution in [2.24, 2.45) is 5.73 Å². The van der Waals surface area contributed by atoms with E-state index in [1.165, 1.54) is 0 Å². The van der Waals surface area contributed by atoms with Crippen molar-refractivity contribution in [2.75, 3.05) is 5.32 Å². The van der Waals surface area contributed by atoms with Gasteiger partial charge in [0.2, 0.25) is 0 Å². The van der Waals surface area contributed by atoms with Crippen molar-refractivity contribution in [3.8, 4) is 5.75 Å². The Morgan fingerprint density at radius 1 is 1.25 bits per heavy atom. The van der Waals surface area contributed by atoms with Crippen molar-refractivity contribution in [1.82, 2.24) is 4.98 Å². The molecular weight excluding hydrogens is 270 g/mol. The van der Waals surface area contributed by atoms with Gasteiger partial charge in [0.25, 0.3) is 0 Å². The summed E-state index contributed by atoms with van der Waals surface area (Å²) in [5.74, 6) is 0.839. The second-order valence-electron chi connectivity index (χ2n) is 4.58. The maximum Gasteiger partial charge on any atom is 0.124 e. The van der Waals surface area contributed by atoms with Crippen molar-refractivity contribution >= 4 is 28.6 Å². The fourth-order valence-corrected chi connectivity index (χ4v) is 1.91. The third-order valence-corrected chi connectivity index (χ3v) is 2.74. The molecule has 1 aromatic carbocycles. The van der Waals surface area contributed by atoms with E-state index in [9.17, 15) is 0 Å². The number of hydrogen-bond donors (Lipinski definition) is 2. The molecule has 0 spiro atoms. The first-order valence-electron chi connectivity index (χ1n) is 6.35. The van der Waals surface area contributed by atoms with Crippen molar-refractivity contribution in [3.05, 3.63) is 48.3 Å². The minimum absolute atomic E-state index is 0.161. The maximum atomic E-state index is 5.66. The minimum atomic E-state index is 0.161. The van der Waals surface area contributed by atoms with Gasteiger partial charge in [-0.05, 0) is 50.2 Å². The fraction of sp³-hybridized carbons (Fsp3) is 0.200. The Kier molecular flexibility index (Phi) is 4.53. The third kappa shape index (κ3) is 3.68. The fourth-order valence-electron chi connectivity index (χ4n) is 1.75. The summed E-state index contributed by atoms with van der Waals surface area (Å²) in [5, 5.41) is 3.25. The van der Waals surface area contributed by atoms with Gasteiger partial charge in [0.05, 0.1) is 11.8 Å². The summed E-state index contributed by atoms with van der Waals surface area (Å²) in [4.78, 5) is 4.45. The highest BCUT2D eigenvalue weighted by atomic mass is 32.1. The lowest BCUT2D eigenvalue weighted by molar-refractivity contribution is 0.242. The average molecular weight is 287 g/mol. The minimum Gasteiger partial charge on any atom is -0.491 e. The van der Waals surface area contributed by atoms with Crippen molar-refractivity contribution in [1.29, 1.82) is 0 Å². The Hall–Kier alpha value is -2.14. The van der Waals surface area contributed by atoms with E-state index in [0.717, 1.165) is 17.1 Å². The topological polar surface area (TPSA) is 60.2 Å². The number of benzene rings is 1. The molecule has 1 heterocycles. The van der Waals surface area contributed by atoms with Gasteiger partial charge in [-0.15, -0.1) is 0 Å². The molecule has 0 aliphatic rings. The van der Waals surface area contributed by atoms with Crippen LogP contribution in [0.15, 0.2) is 42.6 Å². The predicted octanol–water partition coefficient (Wildman–Crippen LogP) is 3.25. The summed E-state index contributed by atoms with van der Waals surface area (Å²) in [6, 6.07) is 11.4. The lowest BCUT2D eigenvalue weighted by Crippen LogP contribution is -2.13. The van der Waals surface area contributed by atoms with Gasteiger partial charge in [0.15, 0.2) is 0 Å². The summed E-state index contributed by atoms with van der Waals surface area (Å²) >= 11 is 4.99. The van der Waals surface area contributed by atoms with E-state index in [2.05, 4.69) is 10.3 Å². The van der Waals surface area contributed by atoms with Crippen LogP contribution in [0, 0.1) is 0 Å². The number of pyridine rings is 1. The van der Waals surface area contributed by atoms with Crippen LogP contribution in [0.5, 0.6) is 5.75 Å². The second-order valence-corrected chi connectivity index (χ2v) is 5.02. The predicted molar refractivity (Wildman–Crippen MR) is 85.6 cm³/mol. The van der Waals surface area contributed by atoms with Gasteiger partial charge in [0.1, 0.15) is 16.4 Å². The molecule has 0 amide bonds. The SMILES string of the molecule is CC(C)Oc1ccc(Nc2cccnc2C(N)=S)cc1. The zero-order valence-electron chi connectivity index (χ0n) is 11.5. The average Bonchev–Trinajstić information content (AvgIpc) is 2.41. The summed E-state index contributed by atoms with van der Waals surface area (Å²) in [7, 11) is 0. The molecular formula is C15H17N3OS.